The summed E-state index contributed by atoms with van der Waals surface area (Å²) in [5.74, 6) is 0.633. The maximum atomic E-state index is 13.0. The summed E-state index contributed by atoms with van der Waals surface area (Å²) in [6, 6.07) is 5.18. The molecule has 0 saturated carbocycles. The van der Waals surface area contributed by atoms with Crippen molar-refractivity contribution in [3.63, 3.8) is 0 Å². The van der Waals surface area contributed by atoms with E-state index in [-0.39, 0.29) is 5.75 Å². The van der Waals surface area contributed by atoms with Gasteiger partial charge in [0.2, 0.25) is 0 Å². The first-order valence-electron chi connectivity index (χ1n) is 8.43. The Balaban J connectivity index is 2.32. The lowest BCUT2D eigenvalue weighted by Gasteiger charge is -2.24. The number of ether oxygens (including phenoxy) is 2. The van der Waals surface area contributed by atoms with E-state index in [1.165, 1.54) is 0 Å². The molecule has 0 aromatic heterocycles. The Labute approximate surface area is 125 Å². The van der Waals surface area contributed by atoms with Gasteiger partial charge in [-0.15, -0.1) is 0 Å². The molecule has 0 radical (unpaired) electrons. The summed E-state index contributed by atoms with van der Waals surface area (Å²) in [5.41, 5.74) is 0.610. The SMILES string of the molecule is [2H]C([2H])([2H])Oc1cc(P2(=O)CCOCC2)ccc1NCC(C)C. The van der Waals surface area contributed by atoms with Gasteiger partial charge in [-0.2, -0.15) is 0 Å². The Kier molecular flexibility index (Phi) is 3.87. The van der Waals surface area contributed by atoms with Gasteiger partial charge in [-0.05, 0) is 24.1 Å². The molecule has 1 N–H and O–H groups in total. The molecule has 2 rings (SSSR count). The summed E-state index contributed by atoms with van der Waals surface area (Å²) in [4.78, 5) is 0. The second-order valence-corrected chi connectivity index (χ2v) is 8.70. The summed E-state index contributed by atoms with van der Waals surface area (Å²) in [7, 11) is -5.08. The fourth-order valence-corrected chi connectivity index (χ4v) is 4.49. The highest BCUT2D eigenvalue weighted by atomic mass is 31.2. The molecule has 0 unspecified atom stereocenters. The van der Waals surface area contributed by atoms with Gasteiger partial charge in [0.05, 0.1) is 30.1 Å². The van der Waals surface area contributed by atoms with E-state index < -0.39 is 14.2 Å². The average molecular weight is 300 g/mol. The molecule has 0 amide bonds. The molecular formula is C15H24NO3P. The quantitative estimate of drug-likeness (QED) is 0.850. The summed E-state index contributed by atoms with van der Waals surface area (Å²) in [6.07, 6.45) is 0.970. The van der Waals surface area contributed by atoms with Crippen molar-refractivity contribution in [3.05, 3.63) is 18.2 Å². The number of rotatable bonds is 5. The molecular weight excluding hydrogens is 273 g/mol. The zero-order chi connectivity index (χ0) is 17.1. The van der Waals surface area contributed by atoms with Crippen LogP contribution in [-0.2, 0) is 9.30 Å². The minimum Gasteiger partial charge on any atom is -0.495 e. The molecule has 0 aliphatic carbocycles. The van der Waals surface area contributed by atoms with Crippen molar-refractivity contribution < 1.29 is 18.2 Å². The Morgan fingerprint density at radius 3 is 2.85 bits per heavy atom. The molecule has 20 heavy (non-hydrogen) atoms. The second kappa shape index (κ2) is 6.64. The Hall–Kier alpha value is -0.990. The van der Waals surface area contributed by atoms with Crippen molar-refractivity contribution >= 4 is 18.1 Å². The predicted octanol–water partition coefficient (Wildman–Crippen LogP) is 2.78. The Morgan fingerprint density at radius 1 is 1.45 bits per heavy atom. The van der Waals surface area contributed by atoms with Crippen molar-refractivity contribution in [2.45, 2.75) is 13.8 Å². The lowest BCUT2D eigenvalue weighted by atomic mass is 10.2. The number of benzene rings is 1. The maximum absolute atomic E-state index is 13.0. The van der Waals surface area contributed by atoms with Gasteiger partial charge in [-0.3, -0.25) is 0 Å². The molecule has 5 heteroatoms. The van der Waals surface area contributed by atoms with E-state index in [0.717, 1.165) is 0 Å². The first-order valence-corrected chi connectivity index (χ1v) is 9.01. The summed E-state index contributed by atoms with van der Waals surface area (Å²) < 4.78 is 45.5. The highest BCUT2D eigenvalue weighted by molar-refractivity contribution is 7.71. The summed E-state index contributed by atoms with van der Waals surface area (Å²) >= 11 is 0. The minimum atomic E-state index is -2.54. The topological polar surface area (TPSA) is 47.6 Å². The molecule has 0 atom stereocenters. The molecule has 1 aliphatic rings. The molecule has 1 heterocycles. The fraction of sp³-hybridized carbons (Fsp3) is 0.600. The number of hydrogen-bond donors (Lipinski definition) is 1. The third-order valence-corrected chi connectivity index (χ3v) is 6.47. The largest absolute Gasteiger partial charge is 0.495 e. The van der Waals surface area contributed by atoms with Gasteiger partial charge in [0.1, 0.15) is 12.9 Å². The van der Waals surface area contributed by atoms with Crippen LogP contribution >= 0.6 is 7.14 Å². The van der Waals surface area contributed by atoms with Crippen LogP contribution in [0.15, 0.2) is 18.2 Å². The van der Waals surface area contributed by atoms with Gasteiger partial charge < -0.3 is 19.4 Å². The third kappa shape index (κ3) is 3.56. The lowest BCUT2D eigenvalue weighted by molar-refractivity contribution is 0.156. The average Bonchev–Trinajstić information content (AvgIpc) is 2.45. The second-order valence-electron chi connectivity index (χ2n) is 5.51. The van der Waals surface area contributed by atoms with Crippen LogP contribution in [0.1, 0.15) is 18.0 Å². The lowest BCUT2D eigenvalue weighted by Crippen LogP contribution is -2.22. The Morgan fingerprint density at radius 2 is 2.20 bits per heavy atom. The Bertz CT molecular complexity index is 580. The first-order chi connectivity index (χ1) is 10.7. The van der Waals surface area contributed by atoms with Crippen molar-refractivity contribution in [2.24, 2.45) is 5.92 Å². The van der Waals surface area contributed by atoms with E-state index in [4.69, 9.17) is 13.6 Å². The maximum Gasteiger partial charge on any atom is 0.142 e. The summed E-state index contributed by atoms with van der Waals surface area (Å²) in [6.45, 7) is 5.76. The van der Waals surface area contributed by atoms with Crippen LogP contribution in [0.4, 0.5) is 5.69 Å². The molecule has 1 saturated heterocycles. The van der Waals surface area contributed by atoms with Gasteiger partial charge in [0, 0.05) is 24.2 Å². The monoisotopic (exact) mass is 300 g/mol. The number of hydrogen-bond acceptors (Lipinski definition) is 4. The van der Waals surface area contributed by atoms with Gasteiger partial charge >= 0.3 is 0 Å². The van der Waals surface area contributed by atoms with Gasteiger partial charge in [-0.25, -0.2) is 0 Å². The van der Waals surface area contributed by atoms with Crippen LogP contribution in [0, 0.1) is 5.92 Å². The molecule has 0 spiro atoms. The molecule has 1 aromatic rings. The highest BCUT2D eigenvalue weighted by Gasteiger charge is 2.28. The number of anilines is 1. The smallest absolute Gasteiger partial charge is 0.142 e. The van der Waals surface area contributed by atoms with Crippen LogP contribution in [0.25, 0.3) is 0 Å². The molecule has 0 bridgehead atoms. The zero-order valence-corrected chi connectivity index (χ0v) is 12.9. The van der Waals surface area contributed by atoms with E-state index in [9.17, 15) is 4.57 Å². The van der Waals surface area contributed by atoms with E-state index in [0.29, 0.717) is 49.0 Å². The van der Waals surface area contributed by atoms with Crippen molar-refractivity contribution in [2.75, 3.05) is 44.4 Å². The molecule has 112 valence electrons. The summed E-state index contributed by atoms with van der Waals surface area (Å²) in [5, 5.41) is 3.85. The third-order valence-electron chi connectivity index (χ3n) is 3.44. The van der Waals surface area contributed by atoms with Gasteiger partial charge in [0.25, 0.3) is 0 Å². The minimum absolute atomic E-state index is 0.227. The molecule has 4 nitrogen and oxygen atoms in total. The van der Waals surface area contributed by atoms with Crippen LogP contribution in [0.2, 0.25) is 0 Å². The van der Waals surface area contributed by atoms with E-state index in [1.54, 1.807) is 18.2 Å². The normalized spacial score (nSPS) is 20.9. The van der Waals surface area contributed by atoms with Crippen molar-refractivity contribution in [1.29, 1.82) is 0 Å². The predicted molar refractivity (Wildman–Crippen MR) is 84.1 cm³/mol. The number of methoxy groups -OCH3 is 1. The van der Waals surface area contributed by atoms with Gasteiger partial charge in [0.15, 0.2) is 0 Å². The molecule has 1 fully saturated rings. The van der Waals surface area contributed by atoms with Crippen molar-refractivity contribution in [1.82, 2.24) is 0 Å². The highest BCUT2D eigenvalue weighted by Crippen LogP contribution is 2.46. The zero-order valence-electron chi connectivity index (χ0n) is 15.0. The fourth-order valence-electron chi connectivity index (χ4n) is 2.21. The number of nitrogens with one attached hydrogen (secondary N) is 1. The van der Waals surface area contributed by atoms with E-state index >= 15 is 0 Å². The van der Waals surface area contributed by atoms with Gasteiger partial charge in [-0.1, -0.05) is 13.8 Å². The molecule has 1 aromatic carbocycles. The van der Waals surface area contributed by atoms with Crippen LogP contribution in [0.3, 0.4) is 0 Å². The standard InChI is InChI=1S/C15H24NO3P/c1-12(2)11-16-14-5-4-13(10-15(14)18-3)20(17)8-6-19-7-9-20/h4-5,10,12,16H,6-9,11H2,1-3H3/i3D3. The van der Waals surface area contributed by atoms with Crippen LogP contribution in [0.5, 0.6) is 5.75 Å². The van der Waals surface area contributed by atoms with Crippen LogP contribution in [-0.4, -0.2) is 39.1 Å². The van der Waals surface area contributed by atoms with Crippen molar-refractivity contribution in [3.8, 4) is 5.75 Å². The van der Waals surface area contributed by atoms with E-state index in [1.807, 2.05) is 0 Å². The van der Waals surface area contributed by atoms with E-state index in [2.05, 4.69) is 19.2 Å². The molecule has 1 aliphatic heterocycles. The first kappa shape index (κ1) is 11.6. The van der Waals surface area contributed by atoms with Crippen LogP contribution < -0.4 is 15.4 Å².